The molecule has 1 amide bonds. The molecule has 0 bridgehead atoms. The number of alkyl halides is 3. The van der Waals surface area contributed by atoms with Crippen molar-refractivity contribution in [3.8, 4) is 12.3 Å². The molecule has 0 radical (unpaired) electrons. The molecule has 1 aliphatic rings. The Morgan fingerprint density at radius 3 is 2.05 bits per heavy atom. The van der Waals surface area contributed by atoms with Crippen molar-refractivity contribution >= 4 is 6.09 Å². The molecular weight excluding hydrogens is 259 g/mol. The van der Waals surface area contributed by atoms with Gasteiger partial charge < -0.3 is 9.64 Å². The zero-order valence-corrected chi connectivity index (χ0v) is 11.3. The van der Waals surface area contributed by atoms with Gasteiger partial charge in [0.1, 0.15) is 11.0 Å². The first-order valence-electron chi connectivity index (χ1n) is 6.03. The second kappa shape index (κ2) is 4.95. The number of hydrogen-bond donors (Lipinski definition) is 0. The lowest BCUT2D eigenvalue weighted by Crippen LogP contribution is -2.49. The van der Waals surface area contributed by atoms with Crippen molar-refractivity contribution in [2.24, 2.45) is 5.41 Å². The molecule has 1 aliphatic heterocycles. The molecule has 1 rings (SSSR count). The van der Waals surface area contributed by atoms with Gasteiger partial charge in [0.25, 0.3) is 0 Å². The lowest BCUT2D eigenvalue weighted by atomic mass is 9.78. The van der Waals surface area contributed by atoms with Crippen molar-refractivity contribution in [2.45, 2.75) is 45.4 Å². The van der Waals surface area contributed by atoms with E-state index < -0.39 is 23.3 Å². The zero-order valence-electron chi connectivity index (χ0n) is 11.3. The molecule has 108 valence electrons. The number of carbonyl (C=O) groups is 1. The summed E-state index contributed by atoms with van der Waals surface area (Å²) in [5, 5.41) is 0. The second-order valence-corrected chi connectivity index (χ2v) is 5.69. The minimum Gasteiger partial charge on any atom is -0.444 e. The van der Waals surface area contributed by atoms with Crippen molar-refractivity contribution in [3.05, 3.63) is 0 Å². The van der Waals surface area contributed by atoms with E-state index in [4.69, 9.17) is 11.2 Å². The molecule has 1 saturated heterocycles. The molecule has 0 aliphatic carbocycles. The summed E-state index contributed by atoms with van der Waals surface area (Å²) in [7, 11) is 0. The largest absolute Gasteiger partial charge is 0.444 e. The van der Waals surface area contributed by atoms with Crippen LogP contribution in [0.1, 0.15) is 33.6 Å². The SMILES string of the molecule is C#CC1(C(F)(F)F)CCN(C(=O)OC(C)(C)C)CC1. The first-order valence-corrected chi connectivity index (χ1v) is 6.03. The van der Waals surface area contributed by atoms with Gasteiger partial charge in [0.05, 0.1) is 0 Å². The summed E-state index contributed by atoms with van der Waals surface area (Å²) in [4.78, 5) is 13.0. The maximum atomic E-state index is 12.9. The highest BCUT2D eigenvalue weighted by molar-refractivity contribution is 5.68. The monoisotopic (exact) mass is 277 g/mol. The Morgan fingerprint density at radius 1 is 1.26 bits per heavy atom. The van der Waals surface area contributed by atoms with Gasteiger partial charge in [0.2, 0.25) is 0 Å². The number of halogens is 3. The van der Waals surface area contributed by atoms with E-state index in [1.54, 1.807) is 20.8 Å². The summed E-state index contributed by atoms with van der Waals surface area (Å²) in [5.74, 6) is 1.86. The second-order valence-electron chi connectivity index (χ2n) is 5.69. The molecule has 0 aromatic rings. The highest BCUT2D eigenvalue weighted by atomic mass is 19.4. The summed E-state index contributed by atoms with van der Waals surface area (Å²) >= 11 is 0. The summed E-state index contributed by atoms with van der Waals surface area (Å²) in [6.45, 7) is 5.03. The molecule has 0 aromatic carbocycles. The average Bonchev–Trinajstić information content (AvgIpc) is 2.25. The van der Waals surface area contributed by atoms with Crippen LogP contribution < -0.4 is 0 Å². The minimum atomic E-state index is -4.44. The van der Waals surface area contributed by atoms with Crippen molar-refractivity contribution in [3.63, 3.8) is 0 Å². The third-order valence-electron chi connectivity index (χ3n) is 3.09. The first kappa shape index (κ1) is 15.7. The first-order chi connectivity index (χ1) is 8.51. The Kier molecular flexibility index (Phi) is 4.08. The molecule has 0 atom stereocenters. The number of likely N-dealkylation sites (tertiary alicyclic amines) is 1. The van der Waals surface area contributed by atoms with E-state index in [9.17, 15) is 18.0 Å². The van der Waals surface area contributed by atoms with Crippen LogP contribution in [0.2, 0.25) is 0 Å². The molecule has 0 saturated carbocycles. The van der Waals surface area contributed by atoms with Gasteiger partial charge in [0.15, 0.2) is 0 Å². The number of terminal acetylenes is 1. The standard InChI is InChI=1S/C13H18F3NO2/c1-5-12(13(14,15)16)6-8-17(9-7-12)10(18)19-11(2,3)4/h1H,6-9H2,2-4H3. The molecule has 3 nitrogen and oxygen atoms in total. The summed E-state index contributed by atoms with van der Waals surface area (Å²) in [5.41, 5.74) is -2.78. The van der Waals surface area contributed by atoms with Gasteiger partial charge >= 0.3 is 12.3 Å². The Bertz CT molecular complexity index is 382. The maximum absolute atomic E-state index is 12.9. The molecule has 6 heteroatoms. The van der Waals surface area contributed by atoms with Crippen molar-refractivity contribution in [2.75, 3.05) is 13.1 Å². The van der Waals surface area contributed by atoms with Crippen LogP contribution in [0, 0.1) is 17.8 Å². The van der Waals surface area contributed by atoms with Gasteiger partial charge in [-0.05, 0) is 33.6 Å². The smallest absolute Gasteiger partial charge is 0.410 e. The van der Waals surface area contributed by atoms with Crippen molar-refractivity contribution in [1.29, 1.82) is 0 Å². The van der Waals surface area contributed by atoms with Crippen LogP contribution in [0.3, 0.4) is 0 Å². The number of ether oxygens (including phenoxy) is 1. The number of piperidine rings is 1. The van der Waals surface area contributed by atoms with E-state index in [1.165, 1.54) is 4.90 Å². The fourth-order valence-corrected chi connectivity index (χ4v) is 1.91. The fraction of sp³-hybridized carbons (Fsp3) is 0.769. The normalized spacial score (nSPS) is 19.7. The van der Waals surface area contributed by atoms with Crippen LogP contribution in [0.4, 0.5) is 18.0 Å². The molecule has 1 heterocycles. The number of amides is 1. The topological polar surface area (TPSA) is 29.5 Å². The van der Waals surface area contributed by atoms with Crippen LogP contribution in [0.25, 0.3) is 0 Å². The number of rotatable bonds is 0. The molecule has 19 heavy (non-hydrogen) atoms. The van der Waals surface area contributed by atoms with E-state index in [2.05, 4.69) is 0 Å². The van der Waals surface area contributed by atoms with Crippen LogP contribution in [0.15, 0.2) is 0 Å². The number of hydrogen-bond acceptors (Lipinski definition) is 2. The molecule has 0 spiro atoms. The molecule has 0 N–H and O–H groups in total. The Hall–Kier alpha value is -1.38. The van der Waals surface area contributed by atoms with E-state index in [0.29, 0.717) is 0 Å². The summed E-state index contributed by atoms with van der Waals surface area (Å²) < 4.78 is 43.9. The maximum Gasteiger partial charge on any atom is 0.410 e. The van der Waals surface area contributed by atoms with Gasteiger partial charge in [0, 0.05) is 13.1 Å². The summed E-state index contributed by atoms with van der Waals surface area (Å²) in [6.07, 6.45) is -0.568. The molecule has 0 aromatic heterocycles. The van der Waals surface area contributed by atoms with Crippen LogP contribution in [0.5, 0.6) is 0 Å². The van der Waals surface area contributed by atoms with E-state index >= 15 is 0 Å². The van der Waals surface area contributed by atoms with E-state index in [1.807, 2.05) is 5.92 Å². The van der Waals surface area contributed by atoms with Crippen LogP contribution in [-0.4, -0.2) is 35.9 Å². The van der Waals surface area contributed by atoms with Gasteiger partial charge in [-0.25, -0.2) is 4.79 Å². The quantitative estimate of drug-likeness (QED) is 0.636. The lowest BCUT2D eigenvalue weighted by Gasteiger charge is -2.39. The molecular formula is C13H18F3NO2. The molecule has 1 fully saturated rings. The van der Waals surface area contributed by atoms with Crippen LogP contribution in [-0.2, 0) is 4.74 Å². The fourth-order valence-electron chi connectivity index (χ4n) is 1.91. The van der Waals surface area contributed by atoms with Crippen molar-refractivity contribution < 1.29 is 22.7 Å². The van der Waals surface area contributed by atoms with E-state index in [-0.39, 0.29) is 25.9 Å². The lowest BCUT2D eigenvalue weighted by molar-refractivity contribution is -0.213. The molecule has 0 unspecified atom stereocenters. The Morgan fingerprint density at radius 2 is 1.74 bits per heavy atom. The predicted molar refractivity (Wildman–Crippen MR) is 64.4 cm³/mol. The van der Waals surface area contributed by atoms with Gasteiger partial charge in [-0.3, -0.25) is 0 Å². The van der Waals surface area contributed by atoms with Gasteiger partial charge in [-0.15, -0.1) is 6.42 Å². The number of carbonyl (C=O) groups excluding carboxylic acids is 1. The highest BCUT2D eigenvalue weighted by Crippen LogP contribution is 2.45. The number of nitrogens with zero attached hydrogens (tertiary/aromatic N) is 1. The van der Waals surface area contributed by atoms with Gasteiger partial charge in [-0.1, -0.05) is 5.92 Å². The predicted octanol–water partition coefficient (Wildman–Crippen LogP) is 3.20. The third kappa shape index (κ3) is 3.55. The van der Waals surface area contributed by atoms with E-state index in [0.717, 1.165) is 0 Å². The highest BCUT2D eigenvalue weighted by Gasteiger charge is 2.55. The van der Waals surface area contributed by atoms with Crippen molar-refractivity contribution in [1.82, 2.24) is 4.90 Å². The van der Waals surface area contributed by atoms with Gasteiger partial charge in [-0.2, -0.15) is 13.2 Å². The average molecular weight is 277 g/mol. The minimum absolute atomic E-state index is 0.0430. The zero-order chi connectivity index (χ0) is 14.9. The van der Waals surface area contributed by atoms with Crippen LogP contribution >= 0.6 is 0 Å². The Labute approximate surface area is 111 Å². The Balaban J connectivity index is 2.68. The third-order valence-corrected chi connectivity index (χ3v) is 3.09. The summed E-state index contributed by atoms with van der Waals surface area (Å²) in [6, 6.07) is 0.